The van der Waals surface area contributed by atoms with Crippen LogP contribution in [0.5, 0.6) is 17.2 Å². The van der Waals surface area contributed by atoms with Crippen molar-refractivity contribution in [1.29, 1.82) is 0 Å². The van der Waals surface area contributed by atoms with Crippen molar-refractivity contribution in [2.24, 2.45) is 0 Å². The van der Waals surface area contributed by atoms with Crippen molar-refractivity contribution < 1.29 is 38.1 Å². The molecule has 0 aliphatic carbocycles. The average Bonchev–Trinajstić information content (AvgIpc) is 3.14. The van der Waals surface area contributed by atoms with E-state index in [1.165, 1.54) is 39.2 Å². The van der Waals surface area contributed by atoms with E-state index in [1.807, 2.05) is 13.0 Å². The molecular formula is C38H39N3O8S. The number of rotatable bonds is 15. The zero-order valence-corrected chi connectivity index (χ0v) is 29.2. The van der Waals surface area contributed by atoms with E-state index in [0.29, 0.717) is 51.7 Å². The third-order valence-corrected chi connectivity index (χ3v) is 8.62. The minimum atomic E-state index is -0.593. The minimum absolute atomic E-state index is 0.0535. The summed E-state index contributed by atoms with van der Waals surface area (Å²) in [6.07, 6.45) is 2.02. The lowest BCUT2D eigenvalue weighted by Gasteiger charge is -2.16. The maximum Gasteiger partial charge on any atom is 0.338 e. The maximum absolute atomic E-state index is 13.8. The van der Waals surface area contributed by atoms with Crippen LogP contribution in [0, 0.1) is 0 Å². The van der Waals surface area contributed by atoms with E-state index < -0.39 is 23.0 Å². The van der Waals surface area contributed by atoms with Crippen LogP contribution >= 0.6 is 11.8 Å². The molecule has 12 heteroatoms. The van der Waals surface area contributed by atoms with E-state index in [0.717, 1.165) is 4.90 Å². The van der Waals surface area contributed by atoms with E-state index in [4.69, 9.17) is 18.9 Å². The zero-order chi connectivity index (χ0) is 36.0. The van der Waals surface area contributed by atoms with E-state index in [-0.39, 0.29) is 18.2 Å². The average molecular weight is 698 g/mol. The summed E-state index contributed by atoms with van der Waals surface area (Å²) in [6.45, 7) is 3.91. The first-order valence-corrected chi connectivity index (χ1v) is 16.6. The van der Waals surface area contributed by atoms with Gasteiger partial charge < -0.3 is 34.9 Å². The third kappa shape index (κ3) is 9.89. The van der Waals surface area contributed by atoms with Crippen LogP contribution in [-0.2, 0) is 14.3 Å². The Morgan fingerprint density at radius 1 is 0.720 bits per heavy atom. The van der Waals surface area contributed by atoms with Gasteiger partial charge in [0.15, 0.2) is 11.5 Å². The molecule has 0 heterocycles. The van der Waals surface area contributed by atoms with Crippen molar-refractivity contribution in [1.82, 2.24) is 5.32 Å². The molecule has 0 bridgehead atoms. The molecule has 0 fully saturated rings. The second kappa shape index (κ2) is 18.1. The van der Waals surface area contributed by atoms with Crippen LogP contribution in [-0.4, -0.2) is 56.9 Å². The van der Waals surface area contributed by atoms with Gasteiger partial charge in [0, 0.05) is 33.5 Å². The van der Waals surface area contributed by atoms with Gasteiger partial charge in [-0.1, -0.05) is 31.2 Å². The molecule has 50 heavy (non-hydrogen) atoms. The van der Waals surface area contributed by atoms with Gasteiger partial charge >= 0.3 is 5.97 Å². The number of ether oxygens (including phenoxy) is 4. The Kier molecular flexibility index (Phi) is 13.4. The fraction of sp³-hybridized carbons (Fsp3) is 0.211. The molecule has 0 radical (unpaired) electrons. The summed E-state index contributed by atoms with van der Waals surface area (Å²) in [4.78, 5) is 52.8. The molecule has 1 atom stereocenters. The summed E-state index contributed by atoms with van der Waals surface area (Å²) in [5.41, 5.74) is 2.16. The molecule has 3 amide bonds. The highest BCUT2D eigenvalue weighted by molar-refractivity contribution is 8.00. The van der Waals surface area contributed by atoms with Gasteiger partial charge in [-0.05, 0) is 80.1 Å². The lowest BCUT2D eigenvalue weighted by molar-refractivity contribution is -0.116. The van der Waals surface area contributed by atoms with Crippen LogP contribution in [0.3, 0.4) is 0 Å². The van der Waals surface area contributed by atoms with E-state index in [2.05, 4.69) is 16.0 Å². The first-order valence-electron chi connectivity index (χ1n) is 15.7. The predicted octanol–water partition coefficient (Wildman–Crippen LogP) is 6.81. The third-order valence-electron chi connectivity index (χ3n) is 7.26. The summed E-state index contributed by atoms with van der Waals surface area (Å²) in [7, 11) is 4.47. The van der Waals surface area contributed by atoms with Gasteiger partial charge in [-0.15, -0.1) is 11.8 Å². The lowest BCUT2D eigenvalue weighted by Crippen LogP contribution is -2.30. The Balaban J connectivity index is 1.54. The van der Waals surface area contributed by atoms with Gasteiger partial charge in [0.25, 0.3) is 11.8 Å². The number of nitrogens with one attached hydrogen (secondary N) is 3. The van der Waals surface area contributed by atoms with Gasteiger partial charge in [-0.3, -0.25) is 14.4 Å². The Bertz CT molecular complexity index is 1850. The van der Waals surface area contributed by atoms with Crippen LogP contribution < -0.4 is 30.2 Å². The molecule has 1 unspecified atom stereocenters. The second-order valence-electron chi connectivity index (χ2n) is 10.6. The van der Waals surface area contributed by atoms with Gasteiger partial charge in [-0.2, -0.15) is 0 Å². The fourth-order valence-electron chi connectivity index (χ4n) is 4.72. The number of anilines is 2. The van der Waals surface area contributed by atoms with Crippen molar-refractivity contribution in [2.45, 2.75) is 30.4 Å². The van der Waals surface area contributed by atoms with Crippen LogP contribution in [0.25, 0.3) is 6.08 Å². The quantitative estimate of drug-likeness (QED) is 0.0694. The number of methoxy groups -OCH3 is 3. The van der Waals surface area contributed by atoms with Crippen molar-refractivity contribution in [2.75, 3.05) is 38.6 Å². The summed E-state index contributed by atoms with van der Waals surface area (Å²) < 4.78 is 21.4. The highest BCUT2D eigenvalue weighted by atomic mass is 32.2. The van der Waals surface area contributed by atoms with Crippen molar-refractivity contribution in [3.8, 4) is 17.2 Å². The summed E-state index contributed by atoms with van der Waals surface area (Å²) in [5.74, 6) is -0.496. The predicted molar refractivity (Wildman–Crippen MR) is 194 cm³/mol. The molecule has 4 aromatic rings. The van der Waals surface area contributed by atoms with Crippen LogP contribution in [0.2, 0.25) is 0 Å². The van der Waals surface area contributed by atoms with Crippen molar-refractivity contribution in [3.63, 3.8) is 0 Å². The van der Waals surface area contributed by atoms with Gasteiger partial charge in [0.1, 0.15) is 11.4 Å². The Hall–Kier alpha value is -5.75. The van der Waals surface area contributed by atoms with Gasteiger partial charge in [-0.25, -0.2) is 4.79 Å². The molecule has 0 saturated heterocycles. The summed E-state index contributed by atoms with van der Waals surface area (Å²) >= 11 is 1.34. The topological polar surface area (TPSA) is 141 Å². The number of carbonyl (C=O) groups excluding carboxylic acids is 4. The van der Waals surface area contributed by atoms with Crippen LogP contribution in [0.15, 0.2) is 102 Å². The van der Waals surface area contributed by atoms with E-state index in [1.54, 1.807) is 91.9 Å². The van der Waals surface area contributed by atoms with Crippen LogP contribution in [0.4, 0.5) is 11.4 Å². The molecule has 11 nitrogen and oxygen atoms in total. The number of hydrogen-bond donors (Lipinski definition) is 3. The number of esters is 1. The van der Waals surface area contributed by atoms with Gasteiger partial charge in [0.05, 0.1) is 38.7 Å². The highest BCUT2D eigenvalue weighted by Gasteiger charge is 2.21. The molecule has 0 saturated carbocycles. The molecular weight excluding hydrogens is 658 g/mol. The SMILES string of the molecule is CCOC(=O)c1ccc(NC(=O)C(CC)Sc2cccc(NC(=O)/C(=C\c3cc(OC)c(OC)cc3OC)NC(=O)c3ccccc3)c2)cc1. The van der Waals surface area contributed by atoms with Crippen LogP contribution in [0.1, 0.15) is 46.5 Å². The Morgan fingerprint density at radius 3 is 2.04 bits per heavy atom. The van der Waals surface area contributed by atoms with E-state index in [9.17, 15) is 19.2 Å². The zero-order valence-electron chi connectivity index (χ0n) is 28.4. The molecule has 4 rings (SSSR count). The minimum Gasteiger partial charge on any atom is -0.496 e. The molecule has 0 aliphatic rings. The molecule has 0 aromatic heterocycles. The fourth-order valence-corrected chi connectivity index (χ4v) is 5.74. The Labute approximate surface area is 295 Å². The smallest absolute Gasteiger partial charge is 0.338 e. The van der Waals surface area contributed by atoms with Gasteiger partial charge in [0.2, 0.25) is 5.91 Å². The molecule has 0 aliphatic heterocycles. The molecule has 4 aromatic carbocycles. The number of thioether (sulfide) groups is 1. The lowest BCUT2D eigenvalue weighted by atomic mass is 10.1. The maximum atomic E-state index is 13.8. The summed E-state index contributed by atoms with van der Waals surface area (Å²) in [5, 5.41) is 8.03. The van der Waals surface area contributed by atoms with E-state index >= 15 is 0 Å². The monoisotopic (exact) mass is 697 g/mol. The number of hydrogen-bond acceptors (Lipinski definition) is 9. The number of amides is 3. The molecule has 260 valence electrons. The first-order chi connectivity index (χ1) is 24.2. The number of carbonyl (C=O) groups is 4. The van der Waals surface area contributed by atoms with Crippen molar-refractivity contribution in [3.05, 3.63) is 113 Å². The largest absolute Gasteiger partial charge is 0.496 e. The van der Waals surface area contributed by atoms with Crippen molar-refractivity contribution >= 4 is 52.9 Å². The molecule has 3 N–H and O–H groups in total. The highest BCUT2D eigenvalue weighted by Crippen LogP contribution is 2.36. The number of benzene rings is 4. The second-order valence-corrected chi connectivity index (χ2v) is 11.9. The molecule has 0 spiro atoms. The summed E-state index contributed by atoms with van der Waals surface area (Å²) in [6, 6.07) is 25.3. The standard InChI is InChI=1S/C38H39N3O8S/c1-6-34(37(44)39-27-18-16-25(17-19-27)38(45)49-7-2)50-29-15-11-14-28(22-29)40-36(43)30(41-35(42)24-12-9-8-10-13-24)20-26-21-32(47-4)33(48-5)23-31(26)46-3/h8-23,34H,6-7H2,1-5H3,(H,39,44)(H,40,43)(H,41,42)/b30-20+. The Morgan fingerprint density at radius 2 is 1.40 bits per heavy atom. The normalized spacial score (nSPS) is 11.5. The first kappa shape index (κ1) is 37.1.